The van der Waals surface area contributed by atoms with Crippen LogP contribution in [-0.2, 0) is 0 Å². The minimum absolute atomic E-state index is 0.192. The van der Waals surface area contributed by atoms with Gasteiger partial charge in [-0.05, 0) is 32.3 Å². The Morgan fingerprint density at radius 2 is 2.18 bits per heavy atom. The van der Waals surface area contributed by atoms with Gasteiger partial charge < -0.3 is 15.5 Å². The van der Waals surface area contributed by atoms with E-state index in [9.17, 15) is 4.79 Å². The number of nitrogens with one attached hydrogen (secondary N) is 1. The van der Waals surface area contributed by atoms with Crippen molar-refractivity contribution in [3.05, 3.63) is 23.5 Å². The van der Waals surface area contributed by atoms with E-state index >= 15 is 0 Å². The second-order valence-corrected chi connectivity index (χ2v) is 3.89. The van der Waals surface area contributed by atoms with Crippen LogP contribution in [0.15, 0.2) is 12.3 Å². The fourth-order valence-electron chi connectivity index (χ4n) is 1.51. The molecule has 0 amide bonds. The Morgan fingerprint density at radius 1 is 1.41 bits per heavy atom. The molecule has 1 aromatic heterocycles. The molecule has 17 heavy (non-hydrogen) atoms. The van der Waals surface area contributed by atoms with Gasteiger partial charge in [0.2, 0.25) is 0 Å². The van der Waals surface area contributed by atoms with E-state index in [0.717, 1.165) is 25.0 Å². The molecule has 0 unspecified atom stereocenters. The number of anilines is 1. The minimum Gasteiger partial charge on any atom is -0.478 e. The molecule has 0 fully saturated rings. The normalized spacial score (nSPS) is 10.2. The molecule has 0 atom stereocenters. The van der Waals surface area contributed by atoms with Gasteiger partial charge in [-0.3, -0.25) is 4.98 Å². The summed E-state index contributed by atoms with van der Waals surface area (Å²) in [6, 6.07) is 1.73. The number of aryl methyl sites for hydroxylation is 1. The van der Waals surface area contributed by atoms with Gasteiger partial charge >= 0.3 is 5.97 Å². The molecule has 0 saturated carbocycles. The van der Waals surface area contributed by atoms with Gasteiger partial charge in [-0.15, -0.1) is 0 Å². The summed E-state index contributed by atoms with van der Waals surface area (Å²) in [6.07, 6.45) is 3.98. The fourth-order valence-corrected chi connectivity index (χ4v) is 1.51. The summed E-state index contributed by atoms with van der Waals surface area (Å²) in [6.45, 7) is 2.72. The third-order valence-corrected chi connectivity index (χ3v) is 2.42. The van der Waals surface area contributed by atoms with E-state index in [2.05, 4.69) is 10.3 Å². The van der Waals surface area contributed by atoms with Gasteiger partial charge in [0.1, 0.15) is 5.56 Å². The number of hydrogen-bond acceptors (Lipinski definition) is 4. The van der Waals surface area contributed by atoms with E-state index < -0.39 is 5.97 Å². The first kappa shape index (κ1) is 13.4. The molecule has 5 nitrogen and oxygen atoms in total. The molecular weight excluding hydrogens is 220 g/mol. The molecule has 1 aromatic rings. The lowest BCUT2D eigenvalue weighted by Gasteiger charge is -2.09. The molecule has 0 aromatic carbocycles. The van der Waals surface area contributed by atoms with E-state index in [1.807, 2.05) is 6.92 Å². The van der Waals surface area contributed by atoms with E-state index in [1.54, 1.807) is 6.07 Å². The molecule has 0 aliphatic heterocycles. The number of aliphatic hydroxyl groups excluding tert-OH is 1. The Bertz CT molecular complexity index is 380. The first-order valence-corrected chi connectivity index (χ1v) is 5.70. The molecule has 0 aliphatic carbocycles. The zero-order chi connectivity index (χ0) is 12.7. The zero-order valence-corrected chi connectivity index (χ0v) is 9.94. The van der Waals surface area contributed by atoms with Crippen molar-refractivity contribution in [2.75, 3.05) is 18.5 Å². The summed E-state index contributed by atoms with van der Waals surface area (Å²) in [7, 11) is 0. The second-order valence-electron chi connectivity index (χ2n) is 3.89. The van der Waals surface area contributed by atoms with E-state index in [1.165, 1.54) is 6.20 Å². The van der Waals surface area contributed by atoms with Crippen molar-refractivity contribution in [2.45, 2.75) is 26.2 Å². The van der Waals surface area contributed by atoms with Crippen molar-refractivity contribution in [3.63, 3.8) is 0 Å². The average molecular weight is 238 g/mol. The lowest BCUT2D eigenvalue weighted by atomic mass is 10.2. The van der Waals surface area contributed by atoms with Crippen LogP contribution < -0.4 is 5.32 Å². The highest BCUT2D eigenvalue weighted by Gasteiger charge is 2.10. The number of aromatic carboxylic acids is 1. The third kappa shape index (κ3) is 4.40. The smallest absolute Gasteiger partial charge is 0.339 e. The number of pyridine rings is 1. The van der Waals surface area contributed by atoms with Crippen molar-refractivity contribution >= 4 is 11.7 Å². The molecular formula is C12H18N2O3. The highest BCUT2D eigenvalue weighted by molar-refractivity contribution is 5.93. The highest BCUT2D eigenvalue weighted by atomic mass is 16.4. The van der Waals surface area contributed by atoms with Crippen molar-refractivity contribution in [1.82, 2.24) is 4.98 Å². The topological polar surface area (TPSA) is 82.5 Å². The van der Waals surface area contributed by atoms with E-state index in [-0.39, 0.29) is 12.2 Å². The first-order valence-electron chi connectivity index (χ1n) is 5.70. The predicted octanol–water partition coefficient (Wildman–Crippen LogP) is 1.66. The highest BCUT2D eigenvalue weighted by Crippen LogP contribution is 2.15. The quantitative estimate of drug-likeness (QED) is 0.629. The molecule has 94 valence electrons. The predicted molar refractivity (Wildman–Crippen MR) is 65.4 cm³/mol. The molecule has 1 rings (SSSR count). The standard InChI is InChI=1S/C12H18N2O3/c1-9-7-11(10(8-14-9)12(16)17)13-5-3-2-4-6-15/h7-8,15H,2-6H2,1H3,(H,13,14)(H,16,17). The molecule has 0 aliphatic rings. The molecule has 3 N–H and O–H groups in total. The molecule has 0 saturated heterocycles. The van der Waals surface area contributed by atoms with Gasteiger partial charge in [-0.2, -0.15) is 0 Å². The van der Waals surface area contributed by atoms with E-state index in [4.69, 9.17) is 10.2 Å². The summed E-state index contributed by atoms with van der Waals surface area (Å²) in [5.74, 6) is -0.977. The van der Waals surface area contributed by atoms with Crippen LogP contribution in [0.1, 0.15) is 35.3 Å². The van der Waals surface area contributed by atoms with E-state index in [0.29, 0.717) is 12.2 Å². The second kappa shape index (κ2) is 6.85. The summed E-state index contributed by atoms with van der Waals surface area (Å²) in [5, 5.41) is 20.7. The van der Waals surface area contributed by atoms with Crippen LogP contribution in [0.4, 0.5) is 5.69 Å². The Kier molecular flexibility index (Phi) is 5.42. The molecule has 0 radical (unpaired) electrons. The lowest BCUT2D eigenvalue weighted by molar-refractivity contribution is 0.0697. The number of aromatic nitrogens is 1. The number of carbonyl (C=O) groups is 1. The van der Waals surface area contributed by atoms with Gasteiger partial charge in [0.05, 0.1) is 5.69 Å². The summed E-state index contributed by atoms with van der Waals surface area (Å²) >= 11 is 0. The average Bonchev–Trinajstić information content (AvgIpc) is 2.28. The maximum Gasteiger partial charge on any atom is 0.339 e. The number of unbranched alkanes of at least 4 members (excludes halogenated alkanes) is 2. The summed E-state index contributed by atoms with van der Waals surface area (Å²) < 4.78 is 0. The van der Waals surface area contributed by atoms with Crippen LogP contribution in [0.3, 0.4) is 0 Å². The van der Waals surface area contributed by atoms with Crippen molar-refractivity contribution < 1.29 is 15.0 Å². The van der Waals surface area contributed by atoms with Gasteiger partial charge in [0.25, 0.3) is 0 Å². The Labute approximate surface area is 101 Å². The zero-order valence-electron chi connectivity index (χ0n) is 9.94. The summed E-state index contributed by atoms with van der Waals surface area (Å²) in [4.78, 5) is 14.9. The number of hydrogen-bond donors (Lipinski definition) is 3. The third-order valence-electron chi connectivity index (χ3n) is 2.42. The largest absolute Gasteiger partial charge is 0.478 e. The number of aliphatic hydroxyl groups is 1. The lowest BCUT2D eigenvalue weighted by Crippen LogP contribution is -2.09. The van der Waals surface area contributed by atoms with Crippen LogP contribution in [0.25, 0.3) is 0 Å². The van der Waals surface area contributed by atoms with Crippen LogP contribution >= 0.6 is 0 Å². The number of rotatable bonds is 7. The SMILES string of the molecule is Cc1cc(NCCCCCO)c(C(=O)O)cn1. The first-order chi connectivity index (χ1) is 8.15. The maximum atomic E-state index is 11.0. The van der Waals surface area contributed by atoms with Gasteiger partial charge in [0.15, 0.2) is 0 Å². The van der Waals surface area contributed by atoms with Crippen LogP contribution in [0, 0.1) is 6.92 Å². The minimum atomic E-state index is -0.977. The van der Waals surface area contributed by atoms with Crippen LogP contribution in [0.2, 0.25) is 0 Å². The Balaban J connectivity index is 2.56. The monoisotopic (exact) mass is 238 g/mol. The van der Waals surface area contributed by atoms with Crippen molar-refractivity contribution in [2.24, 2.45) is 0 Å². The molecule has 5 heteroatoms. The summed E-state index contributed by atoms with van der Waals surface area (Å²) in [5.41, 5.74) is 1.58. The number of nitrogens with zero attached hydrogens (tertiary/aromatic N) is 1. The Hall–Kier alpha value is -1.62. The van der Waals surface area contributed by atoms with Crippen molar-refractivity contribution in [3.8, 4) is 0 Å². The molecule has 0 spiro atoms. The molecule has 0 bridgehead atoms. The fraction of sp³-hybridized carbons (Fsp3) is 0.500. The number of carboxylic acid groups (broad SMARTS) is 1. The van der Waals surface area contributed by atoms with Gasteiger partial charge in [0, 0.05) is 25.0 Å². The van der Waals surface area contributed by atoms with Crippen LogP contribution in [-0.4, -0.2) is 34.3 Å². The van der Waals surface area contributed by atoms with Crippen molar-refractivity contribution in [1.29, 1.82) is 0 Å². The molecule has 1 heterocycles. The van der Waals surface area contributed by atoms with Gasteiger partial charge in [-0.1, -0.05) is 0 Å². The van der Waals surface area contributed by atoms with Gasteiger partial charge in [-0.25, -0.2) is 4.79 Å². The number of carboxylic acids is 1. The van der Waals surface area contributed by atoms with Crippen LogP contribution in [0.5, 0.6) is 0 Å². The Morgan fingerprint density at radius 3 is 2.82 bits per heavy atom. The maximum absolute atomic E-state index is 11.0.